The lowest BCUT2D eigenvalue weighted by atomic mass is 10.2. The number of esters is 3. The van der Waals surface area contributed by atoms with Crippen molar-refractivity contribution in [1.82, 2.24) is 15.0 Å². The molecular weight excluding hydrogens is 582 g/mol. The molecular formula is C33H33N3O9. The van der Waals surface area contributed by atoms with Gasteiger partial charge in [0.2, 0.25) is 0 Å². The van der Waals surface area contributed by atoms with E-state index in [4.69, 9.17) is 28.4 Å². The molecule has 0 aliphatic carbocycles. The van der Waals surface area contributed by atoms with Crippen molar-refractivity contribution in [3.05, 3.63) is 89.5 Å². The average Bonchev–Trinajstić information content (AvgIpc) is 3.06. The minimum Gasteiger partial charge on any atom is -0.462 e. The molecule has 0 spiro atoms. The summed E-state index contributed by atoms with van der Waals surface area (Å²) in [5, 5.41) is 0. The smallest absolute Gasteiger partial charge is 0.338 e. The maximum absolute atomic E-state index is 12.1. The van der Waals surface area contributed by atoms with Crippen molar-refractivity contribution in [2.24, 2.45) is 0 Å². The molecule has 3 aromatic carbocycles. The standard InChI is InChI=1S/C33H33N3O9/c1-4-19-40-28(37)22-7-13-25(14-8-22)43-31-34-32(44-26-15-9-23(10-16-26)29(38)41-20-5-2)36-33(35-31)45-27-17-11-24(12-18-27)30(39)42-21-6-3/h7-18H,4-6,19-21H2,1-3H3. The highest BCUT2D eigenvalue weighted by Gasteiger charge is 2.15. The number of carbonyl (C=O) groups is 3. The first-order valence-electron chi connectivity index (χ1n) is 14.5. The predicted octanol–water partition coefficient (Wildman–Crippen LogP) is 6.95. The van der Waals surface area contributed by atoms with Crippen molar-refractivity contribution >= 4 is 17.9 Å². The molecule has 4 rings (SSSR count). The number of hydrogen-bond acceptors (Lipinski definition) is 12. The summed E-state index contributed by atoms with van der Waals surface area (Å²) in [6.07, 6.45) is 2.14. The van der Waals surface area contributed by atoms with Crippen LogP contribution in [0.25, 0.3) is 0 Å². The maximum Gasteiger partial charge on any atom is 0.338 e. The first kappa shape index (κ1) is 32.4. The van der Waals surface area contributed by atoms with Gasteiger partial charge in [0.05, 0.1) is 36.5 Å². The van der Waals surface area contributed by atoms with E-state index in [0.717, 1.165) is 0 Å². The molecule has 12 heteroatoms. The molecule has 1 aromatic heterocycles. The normalized spacial score (nSPS) is 10.5. The highest BCUT2D eigenvalue weighted by atomic mass is 16.5. The Labute approximate surface area is 260 Å². The molecule has 12 nitrogen and oxygen atoms in total. The third kappa shape index (κ3) is 9.75. The second kappa shape index (κ2) is 16.4. The molecule has 234 valence electrons. The van der Waals surface area contributed by atoms with E-state index in [0.29, 0.717) is 73.0 Å². The van der Waals surface area contributed by atoms with Gasteiger partial charge >= 0.3 is 35.9 Å². The molecule has 0 unspecified atom stereocenters. The van der Waals surface area contributed by atoms with Gasteiger partial charge in [-0.25, -0.2) is 14.4 Å². The van der Waals surface area contributed by atoms with Gasteiger partial charge in [-0.1, -0.05) is 20.8 Å². The third-order valence-electron chi connectivity index (χ3n) is 5.78. The van der Waals surface area contributed by atoms with E-state index in [1.807, 2.05) is 20.8 Å². The summed E-state index contributed by atoms with van der Waals surface area (Å²) in [5.74, 6) is -0.335. The number of rotatable bonds is 15. The van der Waals surface area contributed by atoms with Gasteiger partial charge in [-0.3, -0.25) is 0 Å². The van der Waals surface area contributed by atoms with Crippen molar-refractivity contribution in [2.75, 3.05) is 19.8 Å². The molecule has 0 atom stereocenters. The zero-order valence-electron chi connectivity index (χ0n) is 25.2. The van der Waals surface area contributed by atoms with E-state index < -0.39 is 17.9 Å². The van der Waals surface area contributed by atoms with Crippen LogP contribution in [0.1, 0.15) is 71.1 Å². The molecule has 0 radical (unpaired) electrons. The summed E-state index contributed by atoms with van der Waals surface area (Å²) in [6.45, 7) is 6.70. The lowest BCUT2D eigenvalue weighted by molar-refractivity contribution is 0.0496. The second-order valence-corrected chi connectivity index (χ2v) is 9.47. The van der Waals surface area contributed by atoms with Crippen molar-refractivity contribution in [1.29, 1.82) is 0 Å². The van der Waals surface area contributed by atoms with Gasteiger partial charge in [0.25, 0.3) is 0 Å². The number of ether oxygens (including phenoxy) is 6. The summed E-state index contributed by atoms with van der Waals surface area (Å²) in [4.78, 5) is 49.1. The molecule has 0 amide bonds. The van der Waals surface area contributed by atoms with E-state index in [1.165, 1.54) is 0 Å². The molecule has 0 saturated heterocycles. The minimum atomic E-state index is -0.441. The number of carbonyl (C=O) groups excluding carboxylic acids is 3. The van der Waals surface area contributed by atoms with Crippen LogP contribution in [0.15, 0.2) is 72.8 Å². The number of nitrogens with zero attached hydrogens (tertiary/aromatic N) is 3. The number of benzene rings is 3. The van der Waals surface area contributed by atoms with Crippen molar-refractivity contribution < 1.29 is 42.8 Å². The SMILES string of the molecule is CCCOC(=O)c1ccc(Oc2nc(Oc3ccc(C(=O)OCCC)cc3)nc(Oc3ccc(C(=O)OCCC)cc3)n2)cc1. The summed E-state index contributed by atoms with van der Waals surface area (Å²) >= 11 is 0. The van der Waals surface area contributed by atoms with Crippen LogP contribution < -0.4 is 14.2 Å². The Kier molecular flexibility index (Phi) is 11.8. The average molecular weight is 616 g/mol. The Morgan fingerprint density at radius 3 is 0.911 bits per heavy atom. The van der Waals surface area contributed by atoms with Gasteiger partial charge in [-0.15, -0.1) is 15.0 Å². The van der Waals surface area contributed by atoms with E-state index in [1.54, 1.807) is 72.8 Å². The van der Waals surface area contributed by atoms with E-state index >= 15 is 0 Å². The molecule has 4 aromatic rings. The Hall–Kier alpha value is -5.52. The lowest BCUT2D eigenvalue weighted by Crippen LogP contribution is -2.06. The lowest BCUT2D eigenvalue weighted by Gasteiger charge is -2.10. The van der Waals surface area contributed by atoms with Crippen molar-refractivity contribution in [3.63, 3.8) is 0 Å². The van der Waals surface area contributed by atoms with Gasteiger partial charge in [0.1, 0.15) is 17.2 Å². The van der Waals surface area contributed by atoms with Crippen LogP contribution in [0.5, 0.6) is 35.3 Å². The van der Waals surface area contributed by atoms with Crippen LogP contribution in [-0.4, -0.2) is 52.7 Å². The van der Waals surface area contributed by atoms with Crippen LogP contribution in [0, 0.1) is 0 Å². The van der Waals surface area contributed by atoms with Gasteiger partial charge in [0, 0.05) is 0 Å². The predicted molar refractivity (Wildman–Crippen MR) is 161 cm³/mol. The molecule has 45 heavy (non-hydrogen) atoms. The molecule has 0 aliphatic heterocycles. The highest BCUT2D eigenvalue weighted by Crippen LogP contribution is 2.28. The van der Waals surface area contributed by atoms with Crippen molar-refractivity contribution in [2.45, 2.75) is 40.0 Å². The molecule has 0 saturated carbocycles. The fourth-order valence-electron chi connectivity index (χ4n) is 3.59. The first-order valence-corrected chi connectivity index (χ1v) is 14.5. The van der Waals surface area contributed by atoms with Gasteiger partial charge < -0.3 is 28.4 Å². The zero-order valence-corrected chi connectivity index (χ0v) is 25.2. The maximum atomic E-state index is 12.1. The second-order valence-electron chi connectivity index (χ2n) is 9.47. The zero-order chi connectivity index (χ0) is 32.0. The summed E-state index contributed by atoms with van der Waals surface area (Å²) in [7, 11) is 0. The van der Waals surface area contributed by atoms with Gasteiger partial charge in [-0.05, 0) is 92.1 Å². The van der Waals surface area contributed by atoms with Crippen LogP contribution in [0.3, 0.4) is 0 Å². The topological polar surface area (TPSA) is 145 Å². The van der Waals surface area contributed by atoms with Gasteiger partial charge in [0.15, 0.2) is 0 Å². The van der Waals surface area contributed by atoms with Crippen LogP contribution in [0.2, 0.25) is 0 Å². The Balaban J connectivity index is 1.55. The molecule has 1 heterocycles. The fraction of sp³-hybridized carbons (Fsp3) is 0.273. The molecule has 0 N–H and O–H groups in total. The number of hydrogen-bond donors (Lipinski definition) is 0. The van der Waals surface area contributed by atoms with Gasteiger partial charge in [-0.2, -0.15) is 0 Å². The minimum absolute atomic E-state index is 0.157. The van der Waals surface area contributed by atoms with E-state index in [9.17, 15) is 14.4 Å². The molecule has 0 aliphatic rings. The fourth-order valence-corrected chi connectivity index (χ4v) is 3.59. The Morgan fingerprint density at radius 2 is 0.689 bits per heavy atom. The summed E-state index contributed by atoms with van der Waals surface area (Å²) in [5.41, 5.74) is 1.09. The van der Waals surface area contributed by atoms with E-state index in [2.05, 4.69) is 15.0 Å². The van der Waals surface area contributed by atoms with E-state index in [-0.39, 0.29) is 18.0 Å². The van der Waals surface area contributed by atoms with Crippen LogP contribution in [-0.2, 0) is 14.2 Å². The Morgan fingerprint density at radius 1 is 0.444 bits per heavy atom. The Bertz CT molecular complexity index is 1370. The van der Waals surface area contributed by atoms with Crippen molar-refractivity contribution in [3.8, 4) is 35.3 Å². The monoisotopic (exact) mass is 615 g/mol. The number of aromatic nitrogens is 3. The van der Waals surface area contributed by atoms with Crippen LogP contribution in [0.4, 0.5) is 0 Å². The summed E-state index contributed by atoms with van der Waals surface area (Å²) < 4.78 is 33.0. The highest BCUT2D eigenvalue weighted by molar-refractivity contribution is 5.90. The molecule has 0 bridgehead atoms. The first-order chi connectivity index (χ1) is 21.9. The quantitative estimate of drug-likeness (QED) is 0.101. The van der Waals surface area contributed by atoms with Crippen LogP contribution >= 0.6 is 0 Å². The largest absolute Gasteiger partial charge is 0.462 e. The third-order valence-corrected chi connectivity index (χ3v) is 5.78. The summed E-state index contributed by atoms with van der Waals surface area (Å²) in [6, 6.07) is 18.3. The molecule has 0 fully saturated rings.